The van der Waals surface area contributed by atoms with Crippen LogP contribution in [-0.2, 0) is 14.3 Å². The second kappa shape index (κ2) is 15.8. The number of ether oxygens (including phenoxy) is 3. The Morgan fingerprint density at radius 2 is 1.56 bits per heavy atom. The van der Waals surface area contributed by atoms with Gasteiger partial charge in [0.1, 0.15) is 17.7 Å². The number of rotatable bonds is 15. The molecule has 0 unspecified atom stereocenters. The average Bonchev–Trinajstić information content (AvgIpc) is 3.53. The summed E-state index contributed by atoms with van der Waals surface area (Å²) in [6, 6.07) is 12.1. The summed E-state index contributed by atoms with van der Waals surface area (Å²) in [5.41, 5.74) is 3.87. The number of carbonyl (C=O) groups is 2. The summed E-state index contributed by atoms with van der Waals surface area (Å²) < 4.78 is 16.5. The summed E-state index contributed by atoms with van der Waals surface area (Å²) in [6.45, 7) is 6.39. The van der Waals surface area contributed by atoms with Crippen molar-refractivity contribution in [3.63, 3.8) is 0 Å². The van der Waals surface area contributed by atoms with Crippen LogP contribution in [0.5, 0.6) is 5.75 Å². The SMILES string of the molecule is COC(=O)CCCCCCCCCCOc1ccc2c(-c3ccc(C(=O)OC(C)(C)C)c(C4CCCC4)c3)ncnc2c1. The van der Waals surface area contributed by atoms with Gasteiger partial charge in [-0.05, 0) is 82.2 Å². The highest BCUT2D eigenvalue weighted by Crippen LogP contribution is 2.39. The molecule has 232 valence electrons. The molecule has 3 aromatic rings. The van der Waals surface area contributed by atoms with E-state index in [1.54, 1.807) is 6.33 Å². The van der Waals surface area contributed by atoms with Crippen molar-refractivity contribution in [2.24, 2.45) is 0 Å². The predicted octanol–water partition coefficient (Wildman–Crippen LogP) is 8.97. The van der Waals surface area contributed by atoms with E-state index < -0.39 is 5.60 Å². The van der Waals surface area contributed by atoms with Crippen molar-refractivity contribution in [3.05, 3.63) is 53.9 Å². The average molecular weight is 589 g/mol. The van der Waals surface area contributed by atoms with E-state index in [9.17, 15) is 9.59 Å². The van der Waals surface area contributed by atoms with Crippen LogP contribution in [0.1, 0.15) is 126 Å². The van der Waals surface area contributed by atoms with Gasteiger partial charge in [-0.2, -0.15) is 0 Å². The molecule has 1 saturated carbocycles. The lowest BCUT2D eigenvalue weighted by Crippen LogP contribution is -2.24. The fourth-order valence-corrected chi connectivity index (χ4v) is 5.88. The Hall–Kier alpha value is -3.48. The first-order valence-corrected chi connectivity index (χ1v) is 16.1. The van der Waals surface area contributed by atoms with E-state index in [1.807, 2.05) is 51.1 Å². The number of nitrogens with zero attached hydrogens (tertiary/aromatic N) is 2. The molecular formula is C36H48N2O5. The van der Waals surface area contributed by atoms with Crippen LogP contribution >= 0.6 is 0 Å². The third kappa shape index (κ3) is 9.77. The normalized spacial score (nSPS) is 13.8. The maximum atomic E-state index is 13.1. The number of unbranched alkanes of at least 4 members (excludes halogenated alkanes) is 7. The van der Waals surface area contributed by atoms with Crippen LogP contribution in [0.25, 0.3) is 22.2 Å². The maximum absolute atomic E-state index is 13.1. The molecule has 1 aliphatic carbocycles. The lowest BCUT2D eigenvalue weighted by molar-refractivity contribution is -0.140. The minimum atomic E-state index is -0.542. The smallest absolute Gasteiger partial charge is 0.338 e. The Morgan fingerprint density at radius 1 is 0.860 bits per heavy atom. The Labute approximate surface area is 256 Å². The Morgan fingerprint density at radius 3 is 2.26 bits per heavy atom. The third-order valence-electron chi connectivity index (χ3n) is 8.12. The van der Waals surface area contributed by atoms with Gasteiger partial charge in [0.05, 0.1) is 30.5 Å². The highest BCUT2D eigenvalue weighted by molar-refractivity contribution is 5.95. The number of carbonyl (C=O) groups excluding carboxylic acids is 2. The van der Waals surface area contributed by atoms with Crippen molar-refractivity contribution in [1.29, 1.82) is 0 Å². The molecule has 1 aliphatic rings. The van der Waals surface area contributed by atoms with E-state index in [1.165, 1.54) is 45.6 Å². The zero-order chi connectivity index (χ0) is 30.7. The number of hydrogen-bond acceptors (Lipinski definition) is 7. The van der Waals surface area contributed by atoms with Crippen LogP contribution in [0.3, 0.4) is 0 Å². The Bertz CT molecular complexity index is 1360. The van der Waals surface area contributed by atoms with E-state index >= 15 is 0 Å². The molecule has 4 rings (SSSR count). The van der Waals surface area contributed by atoms with Crippen molar-refractivity contribution in [2.75, 3.05) is 13.7 Å². The van der Waals surface area contributed by atoms with Crippen LogP contribution in [0, 0.1) is 0 Å². The maximum Gasteiger partial charge on any atom is 0.338 e. The standard InChI is InChI=1S/C36H48N2O5/c1-36(2,3)43-35(40)29-20-18-27(23-31(29)26-15-12-13-16-26)34-30-21-19-28(24-32(30)37-25-38-34)42-22-14-10-8-6-5-7-9-11-17-33(39)41-4/h18-21,23-26H,5-17,22H2,1-4H3. The van der Waals surface area contributed by atoms with Gasteiger partial charge >= 0.3 is 11.9 Å². The molecule has 7 heteroatoms. The molecule has 43 heavy (non-hydrogen) atoms. The second-order valence-electron chi connectivity index (χ2n) is 12.7. The van der Waals surface area contributed by atoms with Crippen molar-refractivity contribution >= 4 is 22.8 Å². The molecule has 0 atom stereocenters. The van der Waals surface area contributed by atoms with Gasteiger partial charge in [-0.3, -0.25) is 4.79 Å². The lowest BCUT2D eigenvalue weighted by Gasteiger charge is -2.22. The highest BCUT2D eigenvalue weighted by atomic mass is 16.6. The van der Waals surface area contributed by atoms with E-state index in [0.29, 0.717) is 24.5 Å². The van der Waals surface area contributed by atoms with Gasteiger partial charge in [-0.15, -0.1) is 0 Å². The summed E-state index contributed by atoms with van der Waals surface area (Å²) in [4.78, 5) is 33.4. The molecule has 7 nitrogen and oxygen atoms in total. The highest BCUT2D eigenvalue weighted by Gasteiger charge is 2.26. The largest absolute Gasteiger partial charge is 0.494 e. The fraction of sp³-hybridized carbons (Fsp3) is 0.556. The molecule has 0 N–H and O–H groups in total. The molecule has 0 bridgehead atoms. The molecule has 0 saturated heterocycles. The minimum absolute atomic E-state index is 0.112. The second-order valence-corrected chi connectivity index (χ2v) is 12.7. The number of hydrogen-bond donors (Lipinski definition) is 0. The molecule has 2 aromatic carbocycles. The summed E-state index contributed by atoms with van der Waals surface area (Å²) in [5, 5.41) is 0.962. The monoisotopic (exact) mass is 588 g/mol. The van der Waals surface area contributed by atoms with Crippen molar-refractivity contribution in [3.8, 4) is 17.0 Å². The van der Waals surface area contributed by atoms with Gasteiger partial charge in [0, 0.05) is 23.4 Å². The molecular weight excluding hydrogens is 540 g/mol. The van der Waals surface area contributed by atoms with Crippen LogP contribution in [-0.4, -0.2) is 41.2 Å². The molecule has 0 spiro atoms. The molecule has 0 aliphatic heterocycles. The van der Waals surface area contributed by atoms with Crippen LogP contribution in [0.15, 0.2) is 42.7 Å². The van der Waals surface area contributed by atoms with E-state index in [-0.39, 0.29) is 11.9 Å². The third-order valence-corrected chi connectivity index (χ3v) is 8.12. The van der Waals surface area contributed by atoms with Crippen molar-refractivity contribution < 1.29 is 23.8 Å². The van der Waals surface area contributed by atoms with E-state index in [0.717, 1.165) is 72.0 Å². The molecule has 1 heterocycles. The summed E-state index contributed by atoms with van der Waals surface area (Å²) in [6.07, 6.45) is 15.6. The number of benzene rings is 2. The zero-order valence-corrected chi connectivity index (χ0v) is 26.5. The molecule has 0 amide bonds. The Balaban J connectivity index is 1.34. The van der Waals surface area contributed by atoms with Gasteiger partial charge in [-0.25, -0.2) is 14.8 Å². The van der Waals surface area contributed by atoms with Crippen molar-refractivity contribution in [1.82, 2.24) is 9.97 Å². The van der Waals surface area contributed by atoms with Crippen molar-refractivity contribution in [2.45, 2.75) is 116 Å². The fourth-order valence-electron chi connectivity index (χ4n) is 5.88. The first-order chi connectivity index (χ1) is 20.7. The van der Waals surface area contributed by atoms with Gasteiger partial charge in [0.25, 0.3) is 0 Å². The first-order valence-electron chi connectivity index (χ1n) is 16.1. The Kier molecular flexibility index (Phi) is 11.9. The topological polar surface area (TPSA) is 87.6 Å². The predicted molar refractivity (Wildman–Crippen MR) is 170 cm³/mol. The number of fused-ring (bicyclic) bond motifs is 1. The summed E-state index contributed by atoms with van der Waals surface area (Å²) in [7, 11) is 1.44. The van der Waals surface area contributed by atoms with Gasteiger partial charge in [0.2, 0.25) is 0 Å². The molecule has 0 radical (unpaired) electrons. The van der Waals surface area contributed by atoms with Crippen LogP contribution in [0.2, 0.25) is 0 Å². The molecule has 1 fully saturated rings. The van der Waals surface area contributed by atoms with Crippen LogP contribution in [0.4, 0.5) is 0 Å². The lowest BCUT2D eigenvalue weighted by atomic mass is 9.90. The number of methoxy groups -OCH3 is 1. The van der Waals surface area contributed by atoms with Crippen LogP contribution < -0.4 is 4.74 Å². The quantitative estimate of drug-likeness (QED) is 0.129. The number of aromatic nitrogens is 2. The summed E-state index contributed by atoms with van der Waals surface area (Å²) >= 11 is 0. The van der Waals surface area contributed by atoms with E-state index in [4.69, 9.17) is 9.47 Å². The van der Waals surface area contributed by atoms with Gasteiger partial charge < -0.3 is 14.2 Å². The number of esters is 2. The van der Waals surface area contributed by atoms with Gasteiger partial charge in [0.15, 0.2) is 0 Å². The molecule has 1 aromatic heterocycles. The zero-order valence-electron chi connectivity index (χ0n) is 26.5. The van der Waals surface area contributed by atoms with E-state index in [2.05, 4.69) is 20.8 Å². The minimum Gasteiger partial charge on any atom is -0.494 e. The summed E-state index contributed by atoms with van der Waals surface area (Å²) in [5.74, 6) is 0.796. The van der Waals surface area contributed by atoms with Gasteiger partial charge in [-0.1, -0.05) is 57.4 Å². The first kappa shape index (κ1) is 32.4.